The van der Waals surface area contributed by atoms with E-state index in [4.69, 9.17) is 0 Å². The van der Waals surface area contributed by atoms with Crippen molar-refractivity contribution in [3.63, 3.8) is 0 Å². The lowest BCUT2D eigenvalue weighted by molar-refractivity contribution is 1.17. The van der Waals surface area contributed by atoms with E-state index in [1.165, 1.54) is 0 Å². The molecule has 94 valence electrons. The first-order valence-corrected chi connectivity index (χ1v) is 6.06. The van der Waals surface area contributed by atoms with Crippen LogP contribution in [0.2, 0.25) is 0 Å². The van der Waals surface area contributed by atoms with Gasteiger partial charge in [0, 0.05) is 12.4 Å². The summed E-state index contributed by atoms with van der Waals surface area (Å²) in [7, 11) is 0. The molecule has 0 aliphatic carbocycles. The van der Waals surface area contributed by atoms with Crippen LogP contribution in [-0.2, 0) is 0 Å². The van der Waals surface area contributed by atoms with E-state index >= 15 is 0 Å². The number of fused-ring (bicyclic) bond motifs is 2. The van der Waals surface area contributed by atoms with E-state index in [0.29, 0.717) is 22.7 Å². The first kappa shape index (κ1) is 10.9. The first-order valence-electron chi connectivity index (χ1n) is 6.06. The summed E-state index contributed by atoms with van der Waals surface area (Å²) in [5.41, 5.74) is 4.00. The molecular weight excluding hydrogens is 252 g/mol. The van der Waals surface area contributed by atoms with Gasteiger partial charge in [0.2, 0.25) is 0 Å². The van der Waals surface area contributed by atoms with Crippen LogP contribution in [0.3, 0.4) is 0 Å². The molecule has 4 rings (SSSR count). The van der Waals surface area contributed by atoms with Crippen LogP contribution < -0.4 is 0 Å². The average molecular weight is 260 g/mol. The minimum absolute atomic E-state index is 0.595. The van der Waals surface area contributed by atoms with Gasteiger partial charge in [0.15, 0.2) is 11.3 Å². The van der Waals surface area contributed by atoms with Crippen LogP contribution in [0.4, 0.5) is 0 Å². The van der Waals surface area contributed by atoms with Crippen LogP contribution in [0.5, 0.6) is 0 Å². The smallest absolute Gasteiger partial charge is 0.178 e. The summed E-state index contributed by atoms with van der Waals surface area (Å²) >= 11 is 0. The molecule has 0 saturated heterocycles. The van der Waals surface area contributed by atoms with Gasteiger partial charge in [0.05, 0.1) is 12.4 Å². The van der Waals surface area contributed by atoms with E-state index in [2.05, 4.69) is 29.9 Å². The molecule has 0 aromatic carbocycles. The van der Waals surface area contributed by atoms with E-state index in [0.717, 1.165) is 11.0 Å². The monoisotopic (exact) mass is 260 g/mol. The zero-order chi connectivity index (χ0) is 13.4. The molecule has 6 nitrogen and oxygen atoms in total. The van der Waals surface area contributed by atoms with Crippen molar-refractivity contribution in [2.45, 2.75) is 0 Å². The highest BCUT2D eigenvalue weighted by Gasteiger charge is 2.06. The molecule has 4 aromatic rings. The molecule has 0 saturated carbocycles. The topological polar surface area (TPSA) is 77.3 Å². The largest absolute Gasteiger partial charge is 0.251 e. The highest BCUT2D eigenvalue weighted by Crippen LogP contribution is 2.17. The fourth-order valence-electron chi connectivity index (χ4n) is 1.95. The molecule has 0 radical (unpaired) electrons. The zero-order valence-electron chi connectivity index (χ0n) is 10.3. The van der Waals surface area contributed by atoms with Gasteiger partial charge in [-0.15, -0.1) is 0 Å². The maximum absolute atomic E-state index is 4.50. The second-order valence-electron chi connectivity index (χ2n) is 4.20. The Morgan fingerprint density at radius 1 is 0.600 bits per heavy atom. The van der Waals surface area contributed by atoms with Gasteiger partial charge in [-0.2, -0.15) is 0 Å². The van der Waals surface area contributed by atoms with Crippen LogP contribution in [0.15, 0.2) is 49.1 Å². The summed E-state index contributed by atoms with van der Waals surface area (Å²) in [6, 6.07) is 7.40. The van der Waals surface area contributed by atoms with Gasteiger partial charge in [-0.1, -0.05) is 0 Å². The van der Waals surface area contributed by atoms with Gasteiger partial charge < -0.3 is 0 Å². The molecule has 20 heavy (non-hydrogen) atoms. The first-order chi connectivity index (χ1) is 9.90. The van der Waals surface area contributed by atoms with Gasteiger partial charge in [-0.3, -0.25) is 4.98 Å². The maximum atomic E-state index is 4.50. The van der Waals surface area contributed by atoms with Crippen molar-refractivity contribution in [2.75, 3.05) is 0 Å². The third-order valence-electron chi connectivity index (χ3n) is 2.90. The molecule has 0 atom stereocenters. The number of nitrogens with zero attached hydrogens (tertiary/aromatic N) is 6. The van der Waals surface area contributed by atoms with E-state index < -0.39 is 0 Å². The van der Waals surface area contributed by atoms with Crippen molar-refractivity contribution in [1.82, 2.24) is 29.9 Å². The third kappa shape index (κ3) is 1.74. The quantitative estimate of drug-likeness (QED) is 0.521. The number of hydrogen-bond donors (Lipinski definition) is 0. The Labute approximate surface area is 113 Å². The van der Waals surface area contributed by atoms with Crippen LogP contribution >= 0.6 is 0 Å². The molecule has 6 heteroatoms. The van der Waals surface area contributed by atoms with Gasteiger partial charge in [-0.25, -0.2) is 24.9 Å². The Morgan fingerprint density at radius 2 is 1.30 bits per heavy atom. The molecule has 0 N–H and O–H groups in total. The van der Waals surface area contributed by atoms with Crippen LogP contribution in [-0.4, -0.2) is 29.9 Å². The Balaban J connectivity index is 1.91. The molecule has 0 aliphatic rings. The van der Waals surface area contributed by atoms with Crippen molar-refractivity contribution in [1.29, 1.82) is 0 Å². The third-order valence-corrected chi connectivity index (χ3v) is 2.90. The van der Waals surface area contributed by atoms with E-state index in [1.807, 2.05) is 24.3 Å². The van der Waals surface area contributed by atoms with Crippen LogP contribution in [0.25, 0.3) is 33.7 Å². The molecular formula is C14H8N6. The van der Waals surface area contributed by atoms with Gasteiger partial charge in [-0.05, 0) is 24.3 Å². The lowest BCUT2D eigenvalue weighted by Gasteiger charge is -2.02. The lowest BCUT2D eigenvalue weighted by Crippen LogP contribution is -1.95. The van der Waals surface area contributed by atoms with E-state index in [9.17, 15) is 0 Å². The Hall–Kier alpha value is -3.02. The van der Waals surface area contributed by atoms with E-state index in [1.54, 1.807) is 24.8 Å². The van der Waals surface area contributed by atoms with Gasteiger partial charge >= 0.3 is 0 Å². The van der Waals surface area contributed by atoms with Gasteiger partial charge in [0.25, 0.3) is 0 Å². The molecule has 0 spiro atoms. The minimum Gasteiger partial charge on any atom is -0.251 e. The Kier molecular flexibility index (Phi) is 2.32. The fraction of sp³-hybridized carbons (Fsp3) is 0. The molecule has 0 fully saturated rings. The summed E-state index contributed by atoms with van der Waals surface area (Å²) < 4.78 is 0. The summed E-state index contributed by atoms with van der Waals surface area (Å²) in [5, 5.41) is 0. The lowest BCUT2D eigenvalue weighted by atomic mass is 10.3. The summed E-state index contributed by atoms with van der Waals surface area (Å²) in [6.07, 6.45) is 6.71. The Bertz CT molecular complexity index is 844. The predicted molar refractivity (Wildman–Crippen MR) is 73.7 cm³/mol. The van der Waals surface area contributed by atoms with Crippen molar-refractivity contribution < 1.29 is 0 Å². The number of rotatable bonds is 1. The number of aromatic nitrogens is 6. The van der Waals surface area contributed by atoms with Crippen molar-refractivity contribution in [3.05, 3.63) is 49.1 Å². The summed E-state index contributed by atoms with van der Waals surface area (Å²) in [4.78, 5) is 25.9. The molecule has 0 bridgehead atoms. The normalized spacial score (nSPS) is 11.0. The maximum Gasteiger partial charge on any atom is 0.178 e. The highest BCUT2D eigenvalue weighted by molar-refractivity contribution is 5.75. The Morgan fingerprint density at radius 3 is 2.20 bits per heavy atom. The fourth-order valence-corrected chi connectivity index (χ4v) is 1.95. The molecule has 0 aliphatic heterocycles. The second-order valence-corrected chi connectivity index (χ2v) is 4.20. The highest BCUT2D eigenvalue weighted by atomic mass is 14.9. The number of hydrogen-bond acceptors (Lipinski definition) is 6. The zero-order valence-corrected chi connectivity index (χ0v) is 10.3. The van der Waals surface area contributed by atoms with Crippen molar-refractivity contribution in [2.24, 2.45) is 0 Å². The second kappa shape index (κ2) is 4.27. The molecule has 4 aromatic heterocycles. The minimum atomic E-state index is 0.595. The van der Waals surface area contributed by atoms with E-state index in [-0.39, 0.29) is 0 Å². The van der Waals surface area contributed by atoms with Crippen LogP contribution in [0, 0.1) is 0 Å². The molecule has 0 amide bonds. The number of pyridine rings is 2. The standard InChI is InChI=1S/C14H8N6/c1-3-9-14(16-6-1)20-12(7-17-9)11-8-18-13-10(19-11)4-2-5-15-13/h1-8H. The van der Waals surface area contributed by atoms with Crippen molar-refractivity contribution >= 4 is 22.3 Å². The van der Waals surface area contributed by atoms with Gasteiger partial charge in [0.1, 0.15) is 22.4 Å². The molecule has 4 heterocycles. The molecule has 0 unspecified atom stereocenters. The van der Waals surface area contributed by atoms with Crippen molar-refractivity contribution in [3.8, 4) is 11.4 Å². The SMILES string of the molecule is c1cnc2ncc(-c3cnc4cccnc4n3)nc2c1. The van der Waals surface area contributed by atoms with Crippen LogP contribution in [0.1, 0.15) is 0 Å². The summed E-state index contributed by atoms with van der Waals surface area (Å²) in [5.74, 6) is 0. The predicted octanol–water partition coefficient (Wildman–Crippen LogP) is 2.03. The summed E-state index contributed by atoms with van der Waals surface area (Å²) in [6.45, 7) is 0. The average Bonchev–Trinajstić information content (AvgIpc) is 2.54.